The SMILES string of the molecule is Fc1cccc(-n2c3ccccc3c3cc(N(c4ccc5c(c4)sc4ccccc45)c4cccc5c6ccccc6n(-c6ccccc6)c45)ccc32)c1. The Morgan fingerprint density at radius 2 is 1.00 bits per heavy atom. The second-order valence-corrected chi connectivity index (χ2v) is 14.6. The van der Waals surface area contributed by atoms with Gasteiger partial charge in [0.25, 0.3) is 0 Å². The molecular formula is C48H30FN3S. The third-order valence-corrected chi connectivity index (χ3v) is 11.7. The van der Waals surface area contributed by atoms with Gasteiger partial charge >= 0.3 is 0 Å². The number of thiophene rings is 1. The Bertz CT molecular complexity index is 3210. The highest BCUT2D eigenvalue weighted by Gasteiger charge is 2.23. The van der Waals surface area contributed by atoms with Crippen molar-refractivity contribution >= 4 is 92.2 Å². The molecule has 0 unspecified atom stereocenters. The minimum Gasteiger partial charge on any atom is -0.309 e. The Morgan fingerprint density at radius 1 is 0.396 bits per heavy atom. The van der Waals surface area contributed by atoms with Gasteiger partial charge in [-0.25, -0.2) is 4.39 Å². The van der Waals surface area contributed by atoms with Gasteiger partial charge in [-0.2, -0.15) is 0 Å². The van der Waals surface area contributed by atoms with E-state index in [1.54, 1.807) is 12.1 Å². The van der Waals surface area contributed by atoms with Crippen LogP contribution in [0.25, 0.3) is 75.2 Å². The standard InChI is InChI=1S/C48H30FN3S/c49-31-12-10-15-33(28-31)51-42-20-7-5-17-37(42)41-29-34(25-27-44(41)51)50(35-24-26-39-38-18-6-9-23-46(38)53-47(39)30-35)45-22-11-19-40-36-16-4-8-21-43(36)52(48(40)45)32-13-2-1-3-14-32/h1-30H. The van der Waals surface area contributed by atoms with Gasteiger partial charge in [0, 0.05) is 64.5 Å². The molecule has 250 valence electrons. The highest BCUT2D eigenvalue weighted by atomic mass is 32.1. The van der Waals surface area contributed by atoms with Crippen LogP contribution in [0.2, 0.25) is 0 Å². The van der Waals surface area contributed by atoms with Gasteiger partial charge in [0.05, 0.1) is 27.8 Å². The van der Waals surface area contributed by atoms with Crippen molar-refractivity contribution in [2.24, 2.45) is 0 Å². The maximum atomic E-state index is 14.6. The molecule has 0 aliphatic rings. The first kappa shape index (κ1) is 30.0. The van der Waals surface area contributed by atoms with E-state index in [0.717, 1.165) is 61.3 Å². The smallest absolute Gasteiger partial charge is 0.125 e. The number of nitrogens with zero attached hydrogens (tertiary/aromatic N) is 3. The maximum absolute atomic E-state index is 14.6. The molecule has 11 aromatic rings. The second kappa shape index (κ2) is 11.7. The van der Waals surface area contributed by atoms with Crippen molar-refractivity contribution in [2.45, 2.75) is 0 Å². The lowest BCUT2D eigenvalue weighted by Crippen LogP contribution is -2.11. The van der Waals surface area contributed by atoms with E-state index in [1.807, 2.05) is 23.5 Å². The normalized spacial score (nSPS) is 11.9. The average molecular weight is 700 g/mol. The first-order chi connectivity index (χ1) is 26.2. The minimum atomic E-state index is -0.255. The molecule has 11 rings (SSSR count). The number of fused-ring (bicyclic) bond motifs is 9. The van der Waals surface area contributed by atoms with E-state index in [2.05, 4.69) is 166 Å². The summed E-state index contributed by atoms with van der Waals surface area (Å²) in [6, 6.07) is 63.5. The number of aromatic nitrogens is 2. The summed E-state index contributed by atoms with van der Waals surface area (Å²) in [6.07, 6.45) is 0. The summed E-state index contributed by atoms with van der Waals surface area (Å²) in [6.45, 7) is 0. The van der Waals surface area contributed by atoms with Crippen LogP contribution in [0.15, 0.2) is 182 Å². The Balaban J connectivity index is 1.23. The van der Waals surface area contributed by atoms with Crippen LogP contribution in [-0.2, 0) is 0 Å². The summed E-state index contributed by atoms with van der Waals surface area (Å²) in [5.41, 5.74) is 9.47. The fourth-order valence-electron chi connectivity index (χ4n) is 8.30. The van der Waals surface area contributed by atoms with E-state index in [9.17, 15) is 4.39 Å². The summed E-state index contributed by atoms with van der Waals surface area (Å²) in [5.74, 6) is -0.255. The predicted molar refractivity (Wildman–Crippen MR) is 223 cm³/mol. The molecule has 0 bridgehead atoms. The molecule has 3 heterocycles. The van der Waals surface area contributed by atoms with Crippen LogP contribution in [0, 0.1) is 5.82 Å². The van der Waals surface area contributed by atoms with Crippen molar-refractivity contribution in [1.82, 2.24) is 9.13 Å². The first-order valence-electron chi connectivity index (χ1n) is 17.8. The molecule has 0 aliphatic carbocycles. The lowest BCUT2D eigenvalue weighted by Gasteiger charge is -2.27. The van der Waals surface area contributed by atoms with Crippen molar-refractivity contribution in [3.05, 3.63) is 188 Å². The summed E-state index contributed by atoms with van der Waals surface area (Å²) in [7, 11) is 0. The van der Waals surface area contributed by atoms with E-state index in [0.29, 0.717) is 0 Å². The highest BCUT2D eigenvalue weighted by Crippen LogP contribution is 2.46. The zero-order valence-electron chi connectivity index (χ0n) is 28.4. The number of hydrogen-bond acceptors (Lipinski definition) is 2. The maximum Gasteiger partial charge on any atom is 0.125 e. The van der Waals surface area contributed by atoms with Gasteiger partial charge in [-0.15, -0.1) is 11.3 Å². The molecule has 0 atom stereocenters. The number of rotatable bonds is 5. The molecule has 53 heavy (non-hydrogen) atoms. The molecule has 0 N–H and O–H groups in total. The zero-order valence-corrected chi connectivity index (χ0v) is 29.3. The third kappa shape index (κ3) is 4.57. The molecule has 8 aromatic carbocycles. The summed E-state index contributed by atoms with van der Waals surface area (Å²) in [4.78, 5) is 2.41. The van der Waals surface area contributed by atoms with E-state index < -0.39 is 0 Å². The molecule has 0 radical (unpaired) electrons. The number of para-hydroxylation sites is 4. The van der Waals surface area contributed by atoms with Gasteiger partial charge in [-0.05, 0) is 84.9 Å². The number of anilines is 3. The highest BCUT2D eigenvalue weighted by molar-refractivity contribution is 7.25. The summed E-state index contributed by atoms with van der Waals surface area (Å²) in [5, 5.41) is 7.17. The first-order valence-corrected chi connectivity index (χ1v) is 18.6. The molecule has 3 nitrogen and oxygen atoms in total. The summed E-state index contributed by atoms with van der Waals surface area (Å²) < 4.78 is 21.7. The van der Waals surface area contributed by atoms with Crippen molar-refractivity contribution < 1.29 is 4.39 Å². The molecule has 0 saturated heterocycles. The zero-order chi connectivity index (χ0) is 35.0. The molecule has 0 spiro atoms. The molecule has 0 amide bonds. The van der Waals surface area contributed by atoms with Crippen LogP contribution in [0.3, 0.4) is 0 Å². The largest absolute Gasteiger partial charge is 0.309 e. The predicted octanol–water partition coefficient (Wildman–Crippen LogP) is 13.9. The Kier molecular flexibility index (Phi) is 6.60. The van der Waals surface area contributed by atoms with Gasteiger partial charge in [0.2, 0.25) is 0 Å². The lowest BCUT2D eigenvalue weighted by atomic mass is 10.1. The fraction of sp³-hybridized carbons (Fsp3) is 0. The Morgan fingerprint density at radius 3 is 1.83 bits per heavy atom. The second-order valence-electron chi connectivity index (χ2n) is 13.5. The monoisotopic (exact) mass is 699 g/mol. The third-order valence-electron chi connectivity index (χ3n) is 10.5. The van der Waals surface area contributed by atoms with Crippen molar-refractivity contribution in [1.29, 1.82) is 0 Å². The minimum absolute atomic E-state index is 0.255. The van der Waals surface area contributed by atoms with Crippen LogP contribution in [0.5, 0.6) is 0 Å². The van der Waals surface area contributed by atoms with E-state index >= 15 is 0 Å². The molecule has 0 fully saturated rings. The lowest BCUT2D eigenvalue weighted by molar-refractivity contribution is 0.627. The fourth-order valence-corrected chi connectivity index (χ4v) is 9.44. The molecule has 0 aliphatic heterocycles. The number of halogens is 1. The quantitative estimate of drug-likeness (QED) is 0.174. The van der Waals surface area contributed by atoms with Crippen LogP contribution in [-0.4, -0.2) is 9.13 Å². The van der Waals surface area contributed by atoms with Crippen LogP contribution < -0.4 is 4.90 Å². The van der Waals surface area contributed by atoms with E-state index in [1.165, 1.54) is 37.0 Å². The van der Waals surface area contributed by atoms with Crippen LogP contribution in [0.4, 0.5) is 21.5 Å². The van der Waals surface area contributed by atoms with Gasteiger partial charge in [0.1, 0.15) is 5.82 Å². The van der Waals surface area contributed by atoms with Crippen LogP contribution >= 0.6 is 11.3 Å². The van der Waals surface area contributed by atoms with Gasteiger partial charge in [-0.1, -0.05) is 97.1 Å². The molecule has 0 saturated carbocycles. The molecular weight excluding hydrogens is 670 g/mol. The van der Waals surface area contributed by atoms with Crippen molar-refractivity contribution in [2.75, 3.05) is 4.90 Å². The molecule has 3 aromatic heterocycles. The van der Waals surface area contributed by atoms with Crippen molar-refractivity contribution in [3.8, 4) is 11.4 Å². The van der Waals surface area contributed by atoms with E-state index in [-0.39, 0.29) is 5.82 Å². The number of hydrogen-bond donors (Lipinski definition) is 0. The Labute approximate surface area is 308 Å². The van der Waals surface area contributed by atoms with Gasteiger partial charge < -0.3 is 14.0 Å². The van der Waals surface area contributed by atoms with Gasteiger partial charge in [-0.3, -0.25) is 0 Å². The summed E-state index contributed by atoms with van der Waals surface area (Å²) >= 11 is 1.83. The topological polar surface area (TPSA) is 13.1 Å². The van der Waals surface area contributed by atoms with Crippen molar-refractivity contribution in [3.63, 3.8) is 0 Å². The molecule has 5 heteroatoms. The van der Waals surface area contributed by atoms with E-state index in [4.69, 9.17) is 0 Å². The van der Waals surface area contributed by atoms with Crippen LogP contribution in [0.1, 0.15) is 0 Å². The average Bonchev–Trinajstić information content (AvgIpc) is 3.86. The van der Waals surface area contributed by atoms with Gasteiger partial charge in [0.15, 0.2) is 0 Å². The Hall–Kier alpha value is -6.69. The number of benzene rings is 8.